The van der Waals surface area contributed by atoms with E-state index in [4.69, 9.17) is 9.47 Å². The van der Waals surface area contributed by atoms with Gasteiger partial charge in [0.05, 0.1) is 31.6 Å². The Labute approximate surface area is 206 Å². The summed E-state index contributed by atoms with van der Waals surface area (Å²) < 4.78 is 11.9. The number of amides is 1. The molecule has 0 aliphatic carbocycles. The number of pyridine rings is 1. The number of H-pyrrole nitrogens is 1. The second-order valence-electron chi connectivity index (χ2n) is 8.44. The number of methoxy groups -OCH3 is 2. The van der Waals surface area contributed by atoms with Crippen molar-refractivity contribution < 1.29 is 14.3 Å². The van der Waals surface area contributed by atoms with E-state index in [0.717, 1.165) is 21.9 Å². The van der Waals surface area contributed by atoms with Gasteiger partial charge in [0.15, 0.2) is 5.69 Å². The minimum Gasteiger partial charge on any atom is -0.481 e. The molecule has 3 heterocycles. The summed E-state index contributed by atoms with van der Waals surface area (Å²) in [6.07, 6.45) is 3.36. The van der Waals surface area contributed by atoms with Crippen LogP contribution in [-0.2, 0) is 11.3 Å². The number of nitrogens with one attached hydrogen (secondary N) is 2. The fourth-order valence-corrected chi connectivity index (χ4v) is 4.22. The van der Waals surface area contributed by atoms with Crippen LogP contribution in [0.4, 0.5) is 0 Å². The Bertz CT molecular complexity index is 1620. The molecule has 0 saturated carbocycles. The molecular weight excluding hydrogens is 458 g/mol. The molecular formula is C27H25N5O4. The van der Waals surface area contributed by atoms with E-state index in [-0.39, 0.29) is 29.4 Å². The number of hydrogen-bond acceptors (Lipinski definition) is 6. The van der Waals surface area contributed by atoms with Crippen LogP contribution in [0.3, 0.4) is 0 Å². The first-order valence-corrected chi connectivity index (χ1v) is 11.4. The van der Waals surface area contributed by atoms with Crippen LogP contribution in [-0.4, -0.2) is 39.7 Å². The molecule has 0 bridgehead atoms. The zero-order valence-electron chi connectivity index (χ0n) is 20.1. The van der Waals surface area contributed by atoms with Crippen molar-refractivity contribution in [2.45, 2.75) is 19.6 Å². The average Bonchev–Trinajstić information content (AvgIpc) is 3.27. The Kier molecular flexibility index (Phi) is 6.22. The van der Waals surface area contributed by atoms with E-state index in [1.54, 1.807) is 25.6 Å². The van der Waals surface area contributed by atoms with E-state index in [0.29, 0.717) is 17.1 Å². The van der Waals surface area contributed by atoms with Crippen molar-refractivity contribution in [2.75, 3.05) is 14.2 Å². The van der Waals surface area contributed by atoms with Crippen molar-refractivity contribution in [3.63, 3.8) is 0 Å². The zero-order valence-corrected chi connectivity index (χ0v) is 20.1. The molecule has 9 heteroatoms. The average molecular weight is 484 g/mol. The molecule has 0 saturated heterocycles. The van der Waals surface area contributed by atoms with Gasteiger partial charge in [0.25, 0.3) is 11.5 Å². The first kappa shape index (κ1) is 23.3. The predicted molar refractivity (Wildman–Crippen MR) is 136 cm³/mol. The number of hydrogen-bond donors (Lipinski definition) is 2. The van der Waals surface area contributed by atoms with Gasteiger partial charge in [-0.1, -0.05) is 42.5 Å². The maximum Gasteiger partial charge on any atom is 0.274 e. The number of rotatable bonds is 7. The molecule has 5 rings (SSSR count). The summed E-state index contributed by atoms with van der Waals surface area (Å²) in [6, 6.07) is 17.2. The second-order valence-corrected chi connectivity index (χ2v) is 8.44. The SMILES string of the molecule is COCc1c(C(=O)NC(C)c2ccc(OC)nc2)nn2cc(-c3ccc4ccccc4c3)[nH]c(=O)c12. The lowest BCUT2D eigenvalue weighted by atomic mass is 10.1. The topological polar surface area (TPSA) is 111 Å². The monoisotopic (exact) mass is 483 g/mol. The van der Waals surface area contributed by atoms with Gasteiger partial charge in [0, 0.05) is 30.5 Å². The highest BCUT2D eigenvalue weighted by Gasteiger charge is 2.23. The van der Waals surface area contributed by atoms with Gasteiger partial charge in [-0.2, -0.15) is 5.10 Å². The molecule has 0 fully saturated rings. The van der Waals surface area contributed by atoms with Crippen molar-refractivity contribution in [2.24, 2.45) is 0 Å². The van der Waals surface area contributed by atoms with Crippen LogP contribution in [0.5, 0.6) is 5.88 Å². The van der Waals surface area contributed by atoms with Crippen LogP contribution in [0.25, 0.3) is 27.5 Å². The number of benzene rings is 2. The Balaban J connectivity index is 1.52. The second kappa shape index (κ2) is 9.63. The molecule has 0 aliphatic heterocycles. The normalized spacial score (nSPS) is 12.1. The van der Waals surface area contributed by atoms with Crippen LogP contribution < -0.4 is 15.6 Å². The molecule has 36 heavy (non-hydrogen) atoms. The highest BCUT2D eigenvalue weighted by atomic mass is 16.5. The van der Waals surface area contributed by atoms with Gasteiger partial charge >= 0.3 is 0 Å². The zero-order chi connectivity index (χ0) is 25.2. The summed E-state index contributed by atoms with van der Waals surface area (Å²) in [4.78, 5) is 33.5. The van der Waals surface area contributed by atoms with Crippen LogP contribution in [0.1, 0.15) is 34.6 Å². The number of fused-ring (bicyclic) bond motifs is 2. The van der Waals surface area contributed by atoms with Gasteiger partial charge in [-0.25, -0.2) is 9.50 Å². The minimum absolute atomic E-state index is 0.0587. The van der Waals surface area contributed by atoms with Crippen LogP contribution in [0, 0.1) is 0 Å². The molecule has 2 aromatic carbocycles. The molecule has 2 N–H and O–H groups in total. The third-order valence-corrected chi connectivity index (χ3v) is 6.10. The lowest BCUT2D eigenvalue weighted by molar-refractivity contribution is 0.0929. The van der Waals surface area contributed by atoms with E-state index in [1.807, 2.05) is 55.5 Å². The number of aromatic nitrogens is 4. The summed E-state index contributed by atoms with van der Waals surface area (Å²) in [6.45, 7) is 1.90. The fraction of sp³-hybridized carbons (Fsp3) is 0.185. The van der Waals surface area contributed by atoms with E-state index in [9.17, 15) is 9.59 Å². The van der Waals surface area contributed by atoms with E-state index < -0.39 is 5.91 Å². The summed E-state index contributed by atoms with van der Waals surface area (Å²) in [7, 11) is 3.05. The molecule has 182 valence electrons. The molecule has 0 radical (unpaired) electrons. The van der Waals surface area contributed by atoms with Crippen molar-refractivity contribution in [3.05, 3.63) is 94.2 Å². The van der Waals surface area contributed by atoms with Crippen LogP contribution >= 0.6 is 0 Å². The number of carbonyl (C=O) groups is 1. The lowest BCUT2D eigenvalue weighted by Crippen LogP contribution is -2.28. The van der Waals surface area contributed by atoms with Gasteiger partial charge < -0.3 is 19.8 Å². The summed E-state index contributed by atoms with van der Waals surface area (Å²) in [5, 5.41) is 9.57. The number of carbonyl (C=O) groups excluding carboxylic acids is 1. The Morgan fingerprint density at radius 3 is 2.64 bits per heavy atom. The van der Waals surface area contributed by atoms with Gasteiger partial charge in [-0.15, -0.1) is 0 Å². The Morgan fingerprint density at radius 1 is 1.11 bits per heavy atom. The van der Waals surface area contributed by atoms with Gasteiger partial charge in [-0.3, -0.25) is 9.59 Å². The van der Waals surface area contributed by atoms with Crippen molar-refractivity contribution in [3.8, 4) is 17.1 Å². The van der Waals surface area contributed by atoms with Gasteiger partial charge in [0.2, 0.25) is 5.88 Å². The van der Waals surface area contributed by atoms with Crippen LogP contribution in [0.2, 0.25) is 0 Å². The fourth-order valence-electron chi connectivity index (χ4n) is 4.22. The summed E-state index contributed by atoms with van der Waals surface area (Å²) in [5.41, 5.74) is 2.69. The van der Waals surface area contributed by atoms with Gasteiger partial charge in [-0.05, 0) is 29.3 Å². The standard InChI is InChI=1S/C27H25N5O4/c1-16(20-10-11-23(36-3)28-13-20)29-26(33)24-21(15-35-2)25-27(34)30-22(14-32(25)31-24)19-9-8-17-6-4-5-7-18(17)12-19/h4-14,16H,15H2,1-3H3,(H,29,33)(H,30,34). The highest BCUT2D eigenvalue weighted by molar-refractivity contribution is 5.96. The molecule has 3 aromatic heterocycles. The Morgan fingerprint density at radius 2 is 1.92 bits per heavy atom. The van der Waals surface area contributed by atoms with E-state index in [1.165, 1.54) is 11.6 Å². The summed E-state index contributed by atoms with van der Waals surface area (Å²) >= 11 is 0. The first-order chi connectivity index (χ1) is 17.5. The molecule has 9 nitrogen and oxygen atoms in total. The summed E-state index contributed by atoms with van der Waals surface area (Å²) in [5.74, 6) is 0.0715. The largest absolute Gasteiger partial charge is 0.481 e. The van der Waals surface area contributed by atoms with Crippen molar-refractivity contribution >= 4 is 22.2 Å². The van der Waals surface area contributed by atoms with E-state index in [2.05, 4.69) is 20.4 Å². The molecule has 0 aliphatic rings. The number of aromatic amines is 1. The number of ether oxygens (including phenoxy) is 2. The molecule has 1 unspecified atom stereocenters. The molecule has 0 spiro atoms. The molecule has 5 aromatic rings. The quantitative estimate of drug-likeness (QED) is 0.363. The van der Waals surface area contributed by atoms with Crippen molar-refractivity contribution in [1.29, 1.82) is 0 Å². The third kappa shape index (κ3) is 4.32. The predicted octanol–water partition coefficient (Wildman–Crippen LogP) is 3.88. The number of nitrogens with zero attached hydrogens (tertiary/aromatic N) is 3. The maximum absolute atomic E-state index is 13.2. The van der Waals surface area contributed by atoms with Crippen LogP contribution in [0.15, 0.2) is 71.8 Å². The molecule has 1 atom stereocenters. The molecule has 1 amide bonds. The smallest absolute Gasteiger partial charge is 0.274 e. The highest BCUT2D eigenvalue weighted by Crippen LogP contribution is 2.24. The Hall–Kier alpha value is -4.50. The minimum atomic E-state index is -0.416. The first-order valence-electron chi connectivity index (χ1n) is 11.4. The maximum atomic E-state index is 13.2. The lowest BCUT2D eigenvalue weighted by Gasteiger charge is -2.14. The van der Waals surface area contributed by atoms with E-state index >= 15 is 0 Å². The third-order valence-electron chi connectivity index (χ3n) is 6.10. The van der Waals surface area contributed by atoms with Gasteiger partial charge in [0.1, 0.15) is 5.52 Å². The van der Waals surface area contributed by atoms with Crippen molar-refractivity contribution in [1.82, 2.24) is 24.9 Å².